The van der Waals surface area contributed by atoms with E-state index in [0.717, 1.165) is 0 Å². The fourth-order valence-electron chi connectivity index (χ4n) is 1.93. The van der Waals surface area contributed by atoms with Gasteiger partial charge in [0.15, 0.2) is 0 Å². The fourth-order valence-corrected chi connectivity index (χ4v) is 1.93. The lowest BCUT2D eigenvalue weighted by molar-refractivity contribution is -0.0483. The number of rotatable bonds is 1. The predicted molar refractivity (Wildman–Crippen MR) is 47.4 cm³/mol. The van der Waals surface area contributed by atoms with E-state index in [1.54, 1.807) is 0 Å². The van der Waals surface area contributed by atoms with Crippen molar-refractivity contribution in [1.29, 1.82) is 0 Å². The summed E-state index contributed by atoms with van der Waals surface area (Å²) in [5, 5.41) is 0. The summed E-state index contributed by atoms with van der Waals surface area (Å²) in [5.74, 6) is 0. The molecule has 1 aliphatic rings. The normalized spacial score (nSPS) is 24.8. The Morgan fingerprint density at radius 3 is 1.82 bits per heavy atom. The van der Waals surface area contributed by atoms with Crippen LogP contribution in [0.25, 0.3) is 0 Å². The highest BCUT2D eigenvalue weighted by molar-refractivity contribution is 4.71. The fraction of sp³-hybridized carbons (Fsp3) is 1.00. The Morgan fingerprint density at radius 1 is 1.09 bits per heavy atom. The molecule has 0 amide bonds. The first-order valence-electron chi connectivity index (χ1n) is 4.20. The van der Waals surface area contributed by atoms with Crippen molar-refractivity contribution in [2.24, 2.45) is 0 Å². The van der Waals surface area contributed by atoms with Crippen LogP contribution in [0.1, 0.15) is 6.42 Å². The van der Waals surface area contributed by atoms with Crippen molar-refractivity contribution >= 4 is 0 Å². The van der Waals surface area contributed by atoms with E-state index in [0.29, 0.717) is 6.29 Å². The van der Waals surface area contributed by atoms with Gasteiger partial charge in [0, 0.05) is 13.1 Å². The molecule has 0 aromatic heterocycles. The monoisotopic (exact) mass is 157 g/mol. The third-order valence-electron chi connectivity index (χ3n) is 2.27. The summed E-state index contributed by atoms with van der Waals surface area (Å²) in [6.07, 6.45) is 1.78. The second kappa shape index (κ2) is 3.52. The quantitative estimate of drug-likeness (QED) is 0.534. The van der Waals surface area contributed by atoms with E-state index < -0.39 is 0 Å². The smallest absolute Gasteiger partial charge is 0.118 e. The van der Waals surface area contributed by atoms with Crippen LogP contribution in [-0.2, 0) is 0 Å². The van der Waals surface area contributed by atoms with Crippen LogP contribution in [0.5, 0.6) is 0 Å². The second-order valence-electron chi connectivity index (χ2n) is 3.62. The van der Waals surface area contributed by atoms with Gasteiger partial charge in [0.25, 0.3) is 0 Å². The van der Waals surface area contributed by atoms with E-state index in [-0.39, 0.29) is 0 Å². The average molecular weight is 157 g/mol. The molecule has 1 saturated heterocycles. The minimum atomic E-state index is 0.490. The zero-order valence-corrected chi connectivity index (χ0v) is 8.04. The first kappa shape index (κ1) is 8.97. The summed E-state index contributed by atoms with van der Waals surface area (Å²) in [6.45, 7) is 2.43. The zero-order chi connectivity index (χ0) is 8.43. The van der Waals surface area contributed by atoms with Crippen molar-refractivity contribution in [2.45, 2.75) is 12.7 Å². The van der Waals surface area contributed by atoms with Gasteiger partial charge in [0.1, 0.15) is 6.29 Å². The van der Waals surface area contributed by atoms with Crippen LogP contribution >= 0.6 is 0 Å². The van der Waals surface area contributed by atoms with Gasteiger partial charge in [-0.15, -0.1) is 0 Å². The molecule has 3 nitrogen and oxygen atoms in total. The Morgan fingerprint density at radius 2 is 1.55 bits per heavy atom. The Hall–Kier alpha value is -0.120. The van der Waals surface area contributed by atoms with Crippen molar-refractivity contribution in [3.63, 3.8) is 0 Å². The summed E-state index contributed by atoms with van der Waals surface area (Å²) < 4.78 is 0. The van der Waals surface area contributed by atoms with Crippen molar-refractivity contribution in [3.05, 3.63) is 0 Å². The molecule has 0 saturated carbocycles. The van der Waals surface area contributed by atoms with Crippen molar-refractivity contribution in [1.82, 2.24) is 14.7 Å². The van der Waals surface area contributed by atoms with E-state index in [1.165, 1.54) is 19.5 Å². The highest BCUT2D eigenvalue weighted by Crippen LogP contribution is 2.11. The van der Waals surface area contributed by atoms with Gasteiger partial charge in [0.2, 0.25) is 0 Å². The first-order chi connectivity index (χ1) is 5.13. The van der Waals surface area contributed by atoms with Crippen LogP contribution in [-0.4, -0.2) is 62.3 Å². The van der Waals surface area contributed by atoms with Crippen molar-refractivity contribution in [3.8, 4) is 0 Å². The summed E-state index contributed by atoms with van der Waals surface area (Å²) in [5.41, 5.74) is 0. The third kappa shape index (κ3) is 1.92. The van der Waals surface area contributed by atoms with E-state index in [9.17, 15) is 0 Å². The highest BCUT2D eigenvalue weighted by Gasteiger charge is 2.24. The molecule has 11 heavy (non-hydrogen) atoms. The van der Waals surface area contributed by atoms with Crippen molar-refractivity contribution in [2.75, 3.05) is 41.3 Å². The molecule has 3 heteroatoms. The van der Waals surface area contributed by atoms with Gasteiger partial charge in [-0.05, 0) is 34.6 Å². The lowest BCUT2D eigenvalue weighted by Crippen LogP contribution is -2.57. The van der Waals surface area contributed by atoms with Gasteiger partial charge in [-0.25, -0.2) is 0 Å². The van der Waals surface area contributed by atoms with E-state index in [2.05, 4.69) is 42.9 Å². The molecular weight excluding hydrogens is 138 g/mol. The standard InChI is InChI=1S/C8H19N3/c1-9(2)8-10(3)6-5-7-11(8)4/h8H,5-7H2,1-4H3. The molecule has 1 heterocycles. The molecule has 0 aliphatic carbocycles. The molecule has 0 bridgehead atoms. The van der Waals surface area contributed by atoms with Gasteiger partial charge < -0.3 is 0 Å². The molecule has 0 spiro atoms. The number of hydrogen-bond acceptors (Lipinski definition) is 3. The lowest BCUT2D eigenvalue weighted by atomic mass is 10.3. The summed E-state index contributed by atoms with van der Waals surface area (Å²) in [7, 11) is 8.62. The molecule has 0 unspecified atom stereocenters. The second-order valence-corrected chi connectivity index (χ2v) is 3.62. The SMILES string of the molecule is CN(C)C1N(C)CCCN1C. The predicted octanol–water partition coefficient (Wildman–Crippen LogP) is 0.0989. The molecule has 0 atom stereocenters. The molecule has 66 valence electrons. The van der Waals surface area contributed by atoms with Gasteiger partial charge in [-0.1, -0.05) is 0 Å². The van der Waals surface area contributed by atoms with Gasteiger partial charge in [-0.2, -0.15) is 0 Å². The molecule has 0 radical (unpaired) electrons. The van der Waals surface area contributed by atoms with Crippen LogP contribution in [0, 0.1) is 0 Å². The largest absolute Gasteiger partial charge is 0.282 e. The maximum Gasteiger partial charge on any atom is 0.118 e. The van der Waals surface area contributed by atoms with E-state index in [4.69, 9.17) is 0 Å². The molecule has 1 aliphatic heterocycles. The topological polar surface area (TPSA) is 9.72 Å². The molecular formula is C8H19N3. The maximum absolute atomic E-state index is 2.38. The summed E-state index contributed by atoms with van der Waals surface area (Å²) in [4.78, 5) is 7.01. The first-order valence-corrected chi connectivity index (χ1v) is 4.20. The molecule has 1 rings (SSSR count). The minimum Gasteiger partial charge on any atom is -0.282 e. The Bertz CT molecular complexity index is 115. The van der Waals surface area contributed by atoms with Crippen LogP contribution in [0.4, 0.5) is 0 Å². The Kier molecular flexibility index (Phi) is 2.87. The van der Waals surface area contributed by atoms with Crippen molar-refractivity contribution < 1.29 is 0 Å². The highest BCUT2D eigenvalue weighted by atomic mass is 15.5. The summed E-state index contributed by atoms with van der Waals surface area (Å²) >= 11 is 0. The van der Waals surface area contributed by atoms with Crippen LogP contribution in [0.3, 0.4) is 0 Å². The minimum absolute atomic E-state index is 0.490. The Labute approximate surface area is 69.6 Å². The van der Waals surface area contributed by atoms with E-state index >= 15 is 0 Å². The zero-order valence-electron chi connectivity index (χ0n) is 8.04. The van der Waals surface area contributed by atoms with Gasteiger partial charge in [0.05, 0.1) is 0 Å². The molecule has 0 aromatic rings. The van der Waals surface area contributed by atoms with Crippen LogP contribution in [0.15, 0.2) is 0 Å². The van der Waals surface area contributed by atoms with Crippen LogP contribution < -0.4 is 0 Å². The maximum atomic E-state index is 2.38. The third-order valence-corrected chi connectivity index (χ3v) is 2.27. The molecule has 1 fully saturated rings. The van der Waals surface area contributed by atoms with Gasteiger partial charge in [-0.3, -0.25) is 14.7 Å². The van der Waals surface area contributed by atoms with Gasteiger partial charge >= 0.3 is 0 Å². The number of nitrogens with zero attached hydrogens (tertiary/aromatic N) is 3. The average Bonchev–Trinajstić information content (AvgIpc) is 1.85. The van der Waals surface area contributed by atoms with Crippen LogP contribution in [0.2, 0.25) is 0 Å². The molecule has 0 N–H and O–H groups in total. The summed E-state index contributed by atoms with van der Waals surface area (Å²) in [6, 6.07) is 0. The molecule has 0 aromatic carbocycles. The lowest BCUT2D eigenvalue weighted by Gasteiger charge is -2.43. The number of hydrogen-bond donors (Lipinski definition) is 0. The van der Waals surface area contributed by atoms with E-state index in [1.807, 2.05) is 0 Å². The Balaban J connectivity index is 2.55.